The predicted molar refractivity (Wildman–Crippen MR) is 169 cm³/mol. The molecule has 0 unspecified atom stereocenters. The summed E-state index contributed by atoms with van der Waals surface area (Å²) in [7, 11) is 0. The van der Waals surface area contributed by atoms with Crippen molar-refractivity contribution in [2.24, 2.45) is 0 Å². The van der Waals surface area contributed by atoms with Gasteiger partial charge in [0, 0.05) is 40.2 Å². The van der Waals surface area contributed by atoms with Crippen LogP contribution in [0.5, 0.6) is 0 Å². The Morgan fingerprint density at radius 2 is 1.71 bits per heavy atom. The lowest BCUT2D eigenvalue weighted by Crippen LogP contribution is -2.16. The largest absolute Gasteiger partial charge is 0.416 e. The normalized spacial score (nSPS) is 13.6. The molecule has 6 rings (SSSR count). The SMILES string of the molecule is Cc1cn(-c2cc(N(C=O)c3cccc(Nc4ccc5c(c4)NC(=O)C5=Cc4[nH]c(C)c(C)c4C)c3)cc(C(F)(F)F)c2)cn1. The zero-order valence-electron chi connectivity index (χ0n) is 24.9. The second-order valence-electron chi connectivity index (χ2n) is 11.0. The molecule has 1 aliphatic heterocycles. The monoisotopic (exact) mass is 610 g/mol. The van der Waals surface area contributed by atoms with E-state index in [4.69, 9.17) is 0 Å². The molecule has 228 valence electrons. The molecule has 0 aliphatic carbocycles. The fraction of sp³-hybridized carbons (Fsp3) is 0.147. The Hall–Kier alpha value is -5.58. The highest BCUT2D eigenvalue weighted by Gasteiger charge is 2.32. The van der Waals surface area contributed by atoms with Gasteiger partial charge in [0.25, 0.3) is 5.91 Å². The summed E-state index contributed by atoms with van der Waals surface area (Å²) in [5.74, 6) is -0.207. The summed E-state index contributed by atoms with van der Waals surface area (Å²) in [5.41, 5.74) is 7.75. The van der Waals surface area contributed by atoms with E-state index >= 15 is 0 Å². The van der Waals surface area contributed by atoms with Crippen molar-refractivity contribution in [2.45, 2.75) is 33.9 Å². The molecule has 2 amide bonds. The van der Waals surface area contributed by atoms with Gasteiger partial charge in [-0.05, 0) is 93.4 Å². The van der Waals surface area contributed by atoms with Crippen molar-refractivity contribution >= 4 is 52.4 Å². The van der Waals surface area contributed by atoms with E-state index in [1.807, 2.05) is 45.0 Å². The first-order valence-corrected chi connectivity index (χ1v) is 14.1. The summed E-state index contributed by atoms with van der Waals surface area (Å²) in [6.07, 6.45) is 0.731. The number of aryl methyl sites for hydroxylation is 2. The van der Waals surface area contributed by atoms with Crippen LogP contribution in [0.15, 0.2) is 73.2 Å². The van der Waals surface area contributed by atoms with Crippen molar-refractivity contribution in [3.8, 4) is 5.69 Å². The fourth-order valence-corrected chi connectivity index (χ4v) is 5.36. The number of nitrogens with zero attached hydrogens (tertiary/aromatic N) is 3. The van der Waals surface area contributed by atoms with Gasteiger partial charge in [0.15, 0.2) is 0 Å². The number of benzene rings is 3. The number of anilines is 5. The third-order valence-corrected chi connectivity index (χ3v) is 7.98. The second-order valence-corrected chi connectivity index (χ2v) is 11.0. The van der Waals surface area contributed by atoms with Crippen molar-refractivity contribution in [3.63, 3.8) is 0 Å². The molecule has 3 N–H and O–H groups in total. The molecule has 3 heterocycles. The number of hydrogen-bond donors (Lipinski definition) is 3. The van der Waals surface area contributed by atoms with E-state index in [2.05, 4.69) is 20.6 Å². The molecule has 0 spiro atoms. The van der Waals surface area contributed by atoms with E-state index < -0.39 is 11.7 Å². The highest BCUT2D eigenvalue weighted by atomic mass is 19.4. The molecule has 1 aliphatic rings. The molecule has 5 aromatic rings. The average molecular weight is 611 g/mol. The van der Waals surface area contributed by atoms with Crippen LogP contribution in [0.2, 0.25) is 0 Å². The van der Waals surface area contributed by atoms with Gasteiger partial charge >= 0.3 is 6.18 Å². The van der Waals surface area contributed by atoms with Crippen LogP contribution >= 0.6 is 0 Å². The van der Waals surface area contributed by atoms with Gasteiger partial charge in [0.1, 0.15) is 0 Å². The van der Waals surface area contributed by atoms with Crippen molar-refractivity contribution in [1.82, 2.24) is 14.5 Å². The summed E-state index contributed by atoms with van der Waals surface area (Å²) < 4.78 is 43.1. The molecule has 2 aromatic heterocycles. The molecular formula is C34H29F3N6O2. The number of carbonyl (C=O) groups excluding carboxylic acids is 2. The Morgan fingerprint density at radius 3 is 2.38 bits per heavy atom. The van der Waals surface area contributed by atoms with Crippen LogP contribution in [0.25, 0.3) is 17.3 Å². The first kappa shape index (κ1) is 29.5. The smallest absolute Gasteiger partial charge is 0.359 e. The molecule has 0 bridgehead atoms. The Morgan fingerprint density at radius 1 is 0.933 bits per heavy atom. The predicted octanol–water partition coefficient (Wildman–Crippen LogP) is 7.98. The van der Waals surface area contributed by atoms with Crippen molar-refractivity contribution in [1.29, 1.82) is 0 Å². The van der Waals surface area contributed by atoms with Gasteiger partial charge in [-0.2, -0.15) is 13.2 Å². The number of imidazole rings is 1. The number of amides is 2. The van der Waals surface area contributed by atoms with E-state index in [-0.39, 0.29) is 17.3 Å². The fourth-order valence-electron chi connectivity index (χ4n) is 5.36. The Bertz CT molecular complexity index is 2000. The Balaban J connectivity index is 1.29. The van der Waals surface area contributed by atoms with Gasteiger partial charge in [-0.25, -0.2) is 4.98 Å². The van der Waals surface area contributed by atoms with Crippen LogP contribution in [-0.4, -0.2) is 26.9 Å². The molecule has 3 aromatic carbocycles. The zero-order chi connectivity index (χ0) is 32.0. The maximum Gasteiger partial charge on any atom is 0.416 e. The second kappa shape index (κ2) is 11.2. The number of carbonyl (C=O) groups is 2. The molecule has 0 saturated carbocycles. The Kier molecular flexibility index (Phi) is 7.32. The van der Waals surface area contributed by atoms with Crippen LogP contribution < -0.4 is 15.5 Å². The maximum absolute atomic E-state index is 13.9. The van der Waals surface area contributed by atoms with Crippen LogP contribution in [0.1, 0.15) is 39.3 Å². The first-order valence-electron chi connectivity index (χ1n) is 14.1. The number of fused-ring (bicyclic) bond motifs is 1. The lowest BCUT2D eigenvalue weighted by Gasteiger charge is -2.21. The van der Waals surface area contributed by atoms with Gasteiger partial charge < -0.3 is 20.2 Å². The van der Waals surface area contributed by atoms with Crippen molar-refractivity contribution in [3.05, 3.63) is 113 Å². The maximum atomic E-state index is 13.9. The highest BCUT2D eigenvalue weighted by molar-refractivity contribution is 6.35. The van der Waals surface area contributed by atoms with Gasteiger partial charge in [0.2, 0.25) is 6.41 Å². The van der Waals surface area contributed by atoms with Crippen LogP contribution in [0, 0.1) is 27.7 Å². The van der Waals surface area contributed by atoms with Gasteiger partial charge in [-0.15, -0.1) is 0 Å². The summed E-state index contributed by atoms with van der Waals surface area (Å²) >= 11 is 0. The first-order chi connectivity index (χ1) is 21.4. The minimum atomic E-state index is -4.63. The lowest BCUT2D eigenvalue weighted by molar-refractivity contribution is -0.137. The van der Waals surface area contributed by atoms with Gasteiger partial charge in [0.05, 0.1) is 40.2 Å². The molecule has 0 saturated heterocycles. The van der Waals surface area contributed by atoms with E-state index in [0.29, 0.717) is 40.4 Å². The summed E-state index contributed by atoms with van der Waals surface area (Å²) in [6.45, 7) is 7.77. The third-order valence-electron chi connectivity index (χ3n) is 7.98. The van der Waals surface area contributed by atoms with Crippen LogP contribution in [0.4, 0.5) is 41.6 Å². The molecule has 0 radical (unpaired) electrons. The lowest BCUT2D eigenvalue weighted by atomic mass is 10.0. The van der Waals surface area contributed by atoms with E-state index in [1.54, 1.807) is 37.4 Å². The number of nitrogens with one attached hydrogen (secondary N) is 3. The van der Waals surface area contributed by atoms with Gasteiger partial charge in [-0.1, -0.05) is 12.1 Å². The number of rotatable bonds is 7. The summed E-state index contributed by atoms with van der Waals surface area (Å²) in [4.78, 5) is 33.8. The number of aromatic nitrogens is 3. The number of H-pyrrole nitrogens is 1. The van der Waals surface area contributed by atoms with Gasteiger partial charge in [-0.3, -0.25) is 14.5 Å². The quantitative estimate of drug-likeness (QED) is 0.129. The van der Waals surface area contributed by atoms with Crippen molar-refractivity contribution < 1.29 is 22.8 Å². The minimum absolute atomic E-state index is 0.0422. The molecule has 11 heteroatoms. The topological polar surface area (TPSA) is 95.0 Å². The number of hydrogen-bond acceptors (Lipinski definition) is 4. The minimum Gasteiger partial charge on any atom is -0.359 e. The van der Waals surface area contributed by atoms with Crippen LogP contribution in [0.3, 0.4) is 0 Å². The van der Waals surface area contributed by atoms with E-state index in [1.165, 1.54) is 17.0 Å². The van der Waals surface area contributed by atoms with E-state index in [9.17, 15) is 22.8 Å². The summed E-state index contributed by atoms with van der Waals surface area (Å²) in [5, 5.41) is 6.19. The molecule has 0 atom stereocenters. The zero-order valence-corrected chi connectivity index (χ0v) is 24.9. The number of halogens is 3. The third kappa shape index (κ3) is 5.72. The van der Waals surface area contributed by atoms with E-state index in [0.717, 1.165) is 45.1 Å². The number of aromatic amines is 1. The molecular weight excluding hydrogens is 581 g/mol. The highest BCUT2D eigenvalue weighted by Crippen LogP contribution is 2.38. The molecule has 8 nitrogen and oxygen atoms in total. The number of alkyl halides is 3. The molecule has 45 heavy (non-hydrogen) atoms. The average Bonchev–Trinajstić information content (AvgIpc) is 3.64. The van der Waals surface area contributed by atoms with Crippen molar-refractivity contribution in [2.75, 3.05) is 15.5 Å². The van der Waals surface area contributed by atoms with Crippen LogP contribution in [-0.2, 0) is 15.8 Å². The standard InChI is InChI=1S/C34H29F3N6O2/c1-19-16-42(17-38-19)27-10-23(34(35,36)37)11-28(14-27)43(18-44)26-7-5-6-24(12-26)40-25-8-9-29-30(33(45)41-32(29)13-25)15-31-21(3)20(2)22(4)39-31/h5-18,39-40H,1-4H3,(H,41,45). The summed E-state index contributed by atoms with van der Waals surface area (Å²) in [6, 6.07) is 15.7. The Labute approximate surface area is 257 Å². The molecule has 0 fully saturated rings.